The number of benzene rings is 1. The van der Waals surface area contributed by atoms with E-state index in [1.165, 1.54) is 0 Å². The monoisotopic (exact) mass is 376 g/mol. The van der Waals surface area contributed by atoms with Crippen molar-refractivity contribution in [2.75, 3.05) is 18.0 Å². The van der Waals surface area contributed by atoms with E-state index >= 15 is 0 Å². The van der Waals surface area contributed by atoms with E-state index in [1.54, 1.807) is 6.20 Å². The van der Waals surface area contributed by atoms with E-state index in [9.17, 15) is 4.79 Å². The average molecular weight is 376 g/mol. The molecule has 3 aromatic rings. The predicted octanol–water partition coefficient (Wildman–Crippen LogP) is 2.68. The highest BCUT2D eigenvalue weighted by Gasteiger charge is 2.27. The molecule has 7 nitrogen and oxygen atoms in total. The molecule has 3 heterocycles. The summed E-state index contributed by atoms with van der Waals surface area (Å²) in [5.41, 5.74) is 3.43. The summed E-state index contributed by atoms with van der Waals surface area (Å²) in [6.07, 6.45) is 2.65. The summed E-state index contributed by atoms with van der Waals surface area (Å²) in [6.45, 7) is 6.23. The van der Waals surface area contributed by atoms with Crippen molar-refractivity contribution in [1.82, 2.24) is 25.1 Å². The molecule has 4 rings (SSSR count). The molecule has 2 aromatic heterocycles. The minimum Gasteiger partial charge on any atom is -0.346 e. The number of hydrogen-bond donors (Lipinski definition) is 1. The van der Waals surface area contributed by atoms with Crippen molar-refractivity contribution in [3.05, 3.63) is 60.0 Å². The standard InChI is InChI=1S/C21H24N6O/c1-3-27-15(2)13-19(25-27)20(28)23-17-10-12-26(14-17)21-22-11-9-18(24-21)16-7-5-4-6-8-16/h4-9,11,13,17H,3,10,12,14H2,1-2H3,(H,23,28). The molecule has 7 heteroatoms. The molecular weight excluding hydrogens is 352 g/mol. The quantitative estimate of drug-likeness (QED) is 0.741. The lowest BCUT2D eigenvalue weighted by molar-refractivity contribution is 0.0934. The number of amides is 1. The first-order chi connectivity index (χ1) is 13.6. The van der Waals surface area contributed by atoms with E-state index in [2.05, 4.69) is 20.3 Å². The van der Waals surface area contributed by atoms with E-state index in [0.717, 1.165) is 36.5 Å². The molecule has 1 saturated heterocycles. The summed E-state index contributed by atoms with van der Waals surface area (Å²) >= 11 is 0. The van der Waals surface area contributed by atoms with Crippen LogP contribution < -0.4 is 10.2 Å². The Morgan fingerprint density at radius 3 is 2.82 bits per heavy atom. The topological polar surface area (TPSA) is 75.9 Å². The van der Waals surface area contributed by atoms with Gasteiger partial charge in [0.05, 0.1) is 5.69 Å². The molecule has 1 amide bonds. The van der Waals surface area contributed by atoms with E-state index in [1.807, 2.05) is 61.0 Å². The van der Waals surface area contributed by atoms with Crippen LogP contribution in [0.25, 0.3) is 11.3 Å². The number of aromatic nitrogens is 4. The van der Waals surface area contributed by atoms with E-state index in [-0.39, 0.29) is 11.9 Å². The number of carbonyl (C=O) groups is 1. The van der Waals surface area contributed by atoms with Crippen molar-refractivity contribution in [3.63, 3.8) is 0 Å². The van der Waals surface area contributed by atoms with Crippen molar-refractivity contribution in [2.45, 2.75) is 32.9 Å². The first-order valence-corrected chi connectivity index (χ1v) is 9.62. The molecule has 1 unspecified atom stereocenters. The SMILES string of the molecule is CCn1nc(C(=O)NC2CCN(c3nccc(-c4ccccc4)n3)C2)cc1C. The van der Waals surface area contributed by atoms with Gasteiger partial charge in [-0.25, -0.2) is 9.97 Å². The molecule has 1 aliphatic heterocycles. The van der Waals surface area contributed by atoms with Crippen molar-refractivity contribution in [3.8, 4) is 11.3 Å². The largest absolute Gasteiger partial charge is 0.346 e. The summed E-state index contributed by atoms with van der Waals surface area (Å²) < 4.78 is 1.83. The Bertz CT molecular complexity index is 968. The molecule has 0 spiro atoms. The van der Waals surface area contributed by atoms with Gasteiger partial charge in [-0.3, -0.25) is 9.48 Å². The molecule has 1 atom stereocenters. The van der Waals surface area contributed by atoms with Gasteiger partial charge in [-0.1, -0.05) is 30.3 Å². The minimum absolute atomic E-state index is 0.0589. The molecule has 144 valence electrons. The van der Waals surface area contributed by atoms with Crippen LogP contribution in [0, 0.1) is 6.92 Å². The van der Waals surface area contributed by atoms with Gasteiger partial charge in [0, 0.05) is 43.1 Å². The number of aryl methyl sites for hydroxylation is 2. The smallest absolute Gasteiger partial charge is 0.272 e. The summed E-state index contributed by atoms with van der Waals surface area (Å²) in [6, 6.07) is 13.9. The lowest BCUT2D eigenvalue weighted by Gasteiger charge is -2.17. The van der Waals surface area contributed by atoms with Gasteiger partial charge in [0.1, 0.15) is 5.69 Å². The van der Waals surface area contributed by atoms with Crippen molar-refractivity contribution >= 4 is 11.9 Å². The molecule has 0 radical (unpaired) electrons. The molecule has 1 aromatic carbocycles. The van der Waals surface area contributed by atoms with E-state index < -0.39 is 0 Å². The number of anilines is 1. The third kappa shape index (κ3) is 3.74. The van der Waals surface area contributed by atoms with Crippen molar-refractivity contribution < 1.29 is 4.79 Å². The molecule has 1 aliphatic rings. The van der Waals surface area contributed by atoms with Gasteiger partial charge in [0.25, 0.3) is 5.91 Å². The maximum Gasteiger partial charge on any atom is 0.272 e. The minimum atomic E-state index is -0.124. The predicted molar refractivity (Wildman–Crippen MR) is 108 cm³/mol. The van der Waals surface area contributed by atoms with E-state index in [4.69, 9.17) is 4.98 Å². The second-order valence-corrected chi connectivity index (χ2v) is 7.00. The zero-order valence-electron chi connectivity index (χ0n) is 16.2. The first kappa shape index (κ1) is 18.2. The third-order valence-electron chi connectivity index (χ3n) is 5.03. The Morgan fingerprint density at radius 2 is 2.07 bits per heavy atom. The van der Waals surface area contributed by atoms with Gasteiger partial charge in [-0.15, -0.1) is 0 Å². The van der Waals surface area contributed by atoms with Crippen LogP contribution in [-0.2, 0) is 6.54 Å². The molecular formula is C21H24N6O. The van der Waals surface area contributed by atoms with Gasteiger partial charge < -0.3 is 10.2 Å². The van der Waals surface area contributed by atoms with Crippen LogP contribution in [0.3, 0.4) is 0 Å². The van der Waals surface area contributed by atoms with Crippen molar-refractivity contribution in [1.29, 1.82) is 0 Å². The van der Waals surface area contributed by atoms with Gasteiger partial charge in [-0.05, 0) is 32.4 Å². The second kappa shape index (κ2) is 7.80. The first-order valence-electron chi connectivity index (χ1n) is 9.62. The average Bonchev–Trinajstić information content (AvgIpc) is 3.35. The van der Waals surface area contributed by atoms with Crippen LogP contribution >= 0.6 is 0 Å². The number of hydrogen-bond acceptors (Lipinski definition) is 5. The molecule has 1 fully saturated rings. The Balaban J connectivity index is 1.42. The fourth-order valence-electron chi connectivity index (χ4n) is 3.53. The normalized spacial score (nSPS) is 16.4. The maximum absolute atomic E-state index is 12.5. The van der Waals surface area contributed by atoms with Gasteiger partial charge in [0.2, 0.25) is 5.95 Å². The molecule has 0 bridgehead atoms. The zero-order chi connectivity index (χ0) is 19.5. The van der Waals surface area contributed by atoms with Crippen LogP contribution in [0.2, 0.25) is 0 Å². The molecule has 0 saturated carbocycles. The Kier molecular flexibility index (Phi) is 5.06. The fraction of sp³-hybridized carbons (Fsp3) is 0.333. The number of nitrogens with one attached hydrogen (secondary N) is 1. The Morgan fingerprint density at radius 1 is 1.25 bits per heavy atom. The molecule has 0 aliphatic carbocycles. The number of carbonyl (C=O) groups excluding carboxylic acids is 1. The fourth-order valence-corrected chi connectivity index (χ4v) is 3.53. The van der Waals surface area contributed by atoms with Gasteiger partial charge >= 0.3 is 0 Å². The van der Waals surface area contributed by atoms with Crippen LogP contribution in [0.15, 0.2) is 48.7 Å². The number of nitrogens with zero attached hydrogens (tertiary/aromatic N) is 5. The summed E-state index contributed by atoms with van der Waals surface area (Å²) in [7, 11) is 0. The van der Waals surface area contributed by atoms with Crippen LogP contribution in [0.1, 0.15) is 29.5 Å². The van der Waals surface area contributed by atoms with Crippen LogP contribution in [0.4, 0.5) is 5.95 Å². The highest BCUT2D eigenvalue weighted by Crippen LogP contribution is 2.21. The highest BCUT2D eigenvalue weighted by atomic mass is 16.2. The second-order valence-electron chi connectivity index (χ2n) is 7.00. The summed E-state index contributed by atoms with van der Waals surface area (Å²) in [5, 5.41) is 7.45. The number of rotatable bonds is 5. The van der Waals surface area contributed by atoms with Gasteiger partial charge in [-0.2, -0.15) is 5.10 Å². The lowest BCUT2D eigenvalue weighted by Crippen LogP contribution is -2.37. The van der Waals surface area contributed by atoms with Crippen LogP contribution in [-0.4, -0.2) is 44.8 Å². The highest BCUT2D eigenvalue weighted by molar-refractivity contribution is 5.92. The van der Waals surface area contributed by atoms with Crippen LogP contribution in [0.5, 0.6) is 0 Å². The lowest BCUT2D eigenvalue weighted by atomic mass is 10.1. The summed E-state index contributed by atoms with van der Waals surface area (Å²) in [5.74, 6) is 0.574. The molecule has 1 N–H and O–H groups in total. The zero-order valence-corrected chi connectivity index (χ0v) is 16.2. The Labute approximate surface area is 164 Å². The Hall–Kier alpha value is -3.22. The maximum atomic E-state index is 12.5. The van der Waals surface area contributed by atoms with E-state index in [0.29, 0.717) is 18.2 Å². The third-order valence-corrected chi connectivity index (χ3v) is 5.03. The summed E-state index contributed by atoms with van der Waals surface area (Å²) in [4.78, 5) is 23.8. The van der Waals surface area contributed by atoms with Gasteiger partial charge in [0.15, 0.2) is 0 Å². The van der Waals surface area contributed by atoms with Crippen molar-refractivity contribution in [2.24, 2.45) is 0 Å². The molecule has 28 heavy (non-hydrogen) atoms.